The summed E-state index contributed by atoms with van der Waals surface area (Å²) in [6.45, 7) is 6.71. The second kappa shape index (κ2) is 8.27. The maximum Gasteiger partial charge on any atom is 0.242 e. The lowest BCUT2D eigenvalue weighted by atomic mass is 10.0. The van der Waals surface area contributed by atoms with Crippen molar-refractivity contribution in [3.63, 3.8) is 0 Å². The Labute approximate surface area is 148 Å². The third kappa shape index (κ3) is 4.67. The summed E-state index contributed by atoms with van der Waals surface area (Å²) in [5, 5.41) is 7.31. The lowest BCUT2D eigenvalue weighted by Gasteiger charge is -2.38. The van der Waals surface area contributed by atoms with Crippen LogP contribution in [0.1, 0.15) is 25.5 Å². The molecule has 2 heterocycles. The van der Waals surface area contributed by atoms with Crippen molar-refractivity contribution >= 4 is 5.91 Å². The zero-order valence-electron chi connectivity index (χ0n) is 14.8. The summed E-state index contributed by atoms with van der Waals surface area (Å²) in [6.07, 6.45) is 3.72. The monoisotopic (exact) mass is 342 g/mol. The van der Waals surface area contributed by atoms with Crippen LogP contribution in [0.15, 0.2) is 48.8 Å². The zero-order valence-corrected chi connectivity index (χ0v) is 14.8. The fourth-order valence-corrected chi connectivity index (χ4v) is 3.23. The lowest BCUT2D eigenvalue weighted by molar-refractivity contribution is -0.131. The molecular weight excluding hydrogens is 316 g/mol. The van der Waals surface area contributed by atoms with E-state index >= 15 is 0 Å². The smallest absolute Gasteiger partial charge is 0.242 e. The molecule has 1 aromatic heterocycles. The van der Waals surface area contributed by atoms with Crippen LogP contribution in [0.2, 0.25) is 0 Å². The number of aromatic nitrogens is 2. The molecule has 6 nitrogen and oxygen atoms in total. The van der Waals surface area contributed by atoms with Gasteiger partial charge in [0, 0.05) is 31.5 Å². The van der Waals surface area contributed by atoms with Crippen LogP contribution >= 0.6 is 0 Å². The Kier molecular flexibility index (Phi) is 5.83. The molecule has 1 aliphatic rings. The van der Waals surface area contributed by atoms with Crippen molar-refractivity contribution in [3.8, 4) is 0 Å². The van der Waals surface area contributed by atoms with Crippen LogP contribution in [-0.4, -0.2) is 52.4 Å². The van der Waals surface area contributed by atoms with Crippen LogP contribution in [0.5, 0.6) is 0 Å². The van der Waals surface area contributed by atoms with Crippen molar-refractivity contribution in [1.82, 2.24) is 20.0 Å². The number of morpholine rings is 1. The Morgan fingerprint density at radius 1 is 1.32 bits per heavy atom. The average Bonchev–Trinajstić information content (AvgIpc) is 3.09. The molecule has 3 rings (SSSR count). The molecule has 134 valence electrons. The minimum absolute atomic E-state index is 0.0201. The highest BCUT2D eigenvalue weighted by molar-refractivity contribution is 5.83. The van der Waals surface area contributed by atoms with Crippen LogP contribution in [0.4, 0.5) is 0 Å². The number of hydrogen-bond donors (Lipinski definition) is 1. The van der Waals surface area contributed by atoms with Gasteiger partial charge in [-0.05, 0) is 25.5 Å². The van der Waals surface area contributed by atoms with E-state index in [2.05, 4.69) is 15.3 Å². The molecule has 2 atom stereocenters. The normalized spacial score (nSPS) is 19.7. The van der Waals surface area contributed by atoms with Crippen LogP contribution in [-0.2, 0) is 16.1 Å². The Hall–Kier alpha value is -2.18. The van der Waals surface area contributed by atoms with E-state index in [1.54, 1.807) is 6.20 Å². The molecule has 1 aliphatic heterocycles. The largest absolute Gasteiger partial charge is 0.374 e. The van der Waals surface area contributed by atoms with Crippen LogP contribution < -0.4 is 5.32 Å². The molecule has 0 radical (unpaired) electrons. The molecular formula is C19H26N4O2. The first-order valence-electron chi connectivity index (χ1n) is 8.82. The van der Waals surface area contributed by atoms with E-state index in [9.17, 15) is 4.79 Å². The molecule has 25 heavy (non-hydrogen) atoms. The van der Waals surface area contributed by atoms with Crippen molar-refractivity contribution in [3.05, 3.63) is 54.4 Å². The van der Waals surface area contributed by atoms with E-state index in [1.165, 1.54) is 0 Å². The topological polar surface area (TPSA) is 59.4 Å². The number of carbonyl (C=O) groups is 1. The third-order valence-electron chi connectivity index (χ3n) is 4.28. The van der Waals surface area contributed by atoms with Gasteiger partial charge in [0.25, 0.3) is 0 Å². The Bertz CT molecular complexity index is 657. The van der Waals surface area contributed by atoms with E-state index in [4.69, 9.17) is 4.74 Å². The van der Waals surface area contributed by atoms with Gasteiger partial charge in [-0.3, -0.25) is 14.4 Å². The van der Waals surface area contributed by atoms with E-state index in [0.717, 1.165) is 12.1 Å². The molecule has 2 unspecified atom stereocenters. The lowest BCUT2D eigenvalue weighted by Crippen LogP contribution is -2.50. The van der Waals surface area contributed by atoms with Gasteiger partial charge in [0.1, 0.15) is 6.04 Å². The fraction of sp³-hybridized carbons (Fsp3) is 0.474. The van der Waals surface area contributed by atoms with E-state index in [0.29, 0.717) is 19.7 Å². The van der Waals surface area contributed by atoms with Crippen LogP contribution in [0, 0.1) is 0 Å². The van der Waals surface area contributed by atoms with Gasteiger partial charge in [-0.2, -0.15) is 5.10 Å². The molecule has 0 bridgehead atoms. The third-order valence-corrected chi connectivity index (χ3v) is 4.28. The minimum atomic E-state index is -0.298. The number of nitrogens with zero attached hydrogens (tertiary/aromatic N) is 3. The number of benzene rings is 1. The summed E-state index contributed by atoms with van der Waals surface area (Å²) >= 11 is 0. The number of nitrogens with one attached hydrogen (secondary N) is 1. The van der Waals surface area contributed by atoms with Crippen molar-refractivity contribution in [2.45, 2.75) is 38.6 Å². The summed E-state index contributed by atoms with van der Waals surface area (Å²) in [5.41, 5.74) is 1.01. The van der Waals surface area contributed by atoms with Gasteiger partial charge < -0.3 is 10.1 Å². The van der Waals surface area contributed by atoms with E-state index < -0.39 is 0 Å². The molecule has 0 spiro atoms. The number of carbonyl (C=O) groups excluding carboxylic acids is 1. The predicted molar refractivity (Wildman–Crippen MR) is 96.0 cm³/mol. The number of hydrogen-bond acceptors (Lipinski definition) is 4. The molecule has 1 fully saturated rings. The molecule has 1 amide bonds. The summed E-state index contributed by atoms with van der Waals surface area (Å²) < 4.78 is 7.77. The fourth-order valence-electron chi connectivity index (χ4n) is 3.23. The first kappa shape index (κ1) is 17.6. The van der Waals surface area contributed by atoms with Gasteiger partial charge >= 0.3 is 0 Å². The standard InChI is InChI=1S/C19H26N4O2/c1-15(2)21-19(24)18(16-7-4-3-5-8-16)22-11-12-25-17(13-22)14-23-10-6-9-20-23/h3-10,15,17-18H,11-14H2,1-2H3,(H,21,24). The highest BCUT2D eigenvalue weighted by atomic mass is 16.5. The second-order valence-electron chi connectivity index (χ2n) is 6.69. The summed E-state index contributed by atoms with van der Waals surface area (Å²) in [5.74, 6) is 0.0425. The molecule has 1 N–H and O–H groups in total. The Morgan fingerprint density at radius 3 is 2.80 bits per heavy atom. The van der Waals surface area contributed by atoms with Gasteiger partial charge in [0.15, 0.2) is 0 Å². The molecule has 1 saturated heterocycles. The highest BCUT2D eigenvalue weighted by Gasteiger charge is 2.32. The molecule has 0 saturated carbocycles. The number of amides is 1. The minimum Gasteiger partial charge on any atom is -0.374 e. The van der Waals surface area contributed by atoms with Crippen molar-refractivity contribution in [1.29, 1.82) is 0 Å². The Balaban J connectivity index is 1.76. The van der Waals surface area contributed by atoms with Crippen LogP contribution in [0.3, 0.4) is 0 Å². The summed E-state index contributed by atoms with van der Waals surface area (Å²) in [6, 6.07) is 11.7. The van der Waals surface area contributed by atoms with Gasteiger partial charge in [-0.25, -0.2) is 0 Å². The predicted octanol–water partition coefficient (Wildman–Crippen LogP) is 1.85. The maximum absolute atomic E-state index is 12.9. The summed E-state index contributed by atoms with van der Waals surface area (Å²) in [4.78, 5) is 15.1. The number of ether oxygens (including phenoxy) is 1. The van der Waals surface area contributed by atoms with Crippen molar-refractivity contribution < 1.29 is 9.53 Å². The van der Waals surface area contributed by atoms with Gasteiger partial charge in [-0.15, -0.1) is 0 Å². The molecule has 6 heteroatoms. The van der Waals surface area contributed by atoms with Crippen molar-refractivity contribution in [2.75, 3.05) is 19.7 Å². The van der Waals surface area contributed by atoms with E-state index in [-0.39, 0.29) is 24.1 Å². The van der Waals surface area contributed by atoms with Gasteiger partial charge in [0.05, 0.1) is 19.3 Å². The SMILES string of the molecule is CC(C)NC(=O)C(c1ccccc1)N1CCOC(Cn2cccn2)C1. The average molecular weight is 342 g/mol. The maximum atomic E-state index is 12.9. The summed E-state index contributed by atoms with van der Waals surface area (Å²) in [7, 11) is 0. The first-order chi connectivity index (χ1) is 12.1. The number of rotatable bonds is 6. The van der Waals surface area contributed by atoms with Crippen LogP contribution in [0.25, 0.3) is 0 Å². The van der Waals surface area contributed by atoms with Gasteiger partial charge in [-0.1, -0.05) is 30.3 Å². The molecule has 0 aliphatic carbocycles. The van der Waals surface area contributed by atoms with Gasteiger partial charge in [0.2, 0.25) is 5.91 Å². The highest BCUT2D eigenvalue weighted by Crippen LogP contribution is 2.24. The zero-order chi connectivity index (χ0) is 17.6. The van der Waals surface area contributed by atoms with Crippen molar-refractivity contribution in [2.24, 2.45) is 0 Å². The molecule has 2 aromatic rings. The Morgan fingerprint density at radius 2 is 2.12 bits per heavy atom. The first-order valence-corrected chi connectivity index (χ1v) is 8.82. The second-order valence-corrected chi connectivity index (χ2v) is 6.69. The molecule has 1 aromatic carbocycles. The quantitative estimate of drug-likeness (QED) is 0.870. The van der Waals surface area contributed by atoms with E-state index in [1.807, 2.05) is 61.1 Å².